The molecule has 0 spiro atoms. The van der Waals surface area contributed by atoms with E-state index in [1.807, 2.05) is 60.7 Å². The standard InChI is InChI=1S/C30H23FN4O3S/c31-22-13-11-21(12-14-22)29(37)32-23-15-17-25(18-16-23)39-28(20-7-3-1-4-8-20)30(38)33-26-19-27(36)35(34-26)24-9-5-2-6-10-24/h1-18,28H,19H2,(H,32,37)(H,33,34,38). The number of amides is 3. The molecule has 0 aliphatic carbocycles. The molecular formula is C30H23FN4O3S. The summed E-state index contributed by atoms with van der Waals surface area (Å²) in [6, 6.07) is 30.8. The van der Waals surface area contributed by atoms with Crippen LogP contribution in [0.4, 0.5) is 15.8 Å². The molecule has 39 heavy (non-hydrogen) atoms. The topological polar surface area (TPSA) is 90.9 Å². The number of halogens is 1. The van der Waals surface area contributed by atoms with Gasteiger partial charge in [0, 0.05) is 16.1 Å². The molecule has 1 unspecified atom stereocenters. The van der Waals surface area contributed by atoms with Gasteiger partial charge >= 0.3 is 0 Å². The number of carbonyl (C=O) groups is 3. The SMILES string of the molecule is O=C(Nc1ccc(SC(C(=O)NC2=NN(c3ccccc3)C(=O)C2)c2ccccc2)cc1)c1ccc(F)cc1. The first-order valence-corrected chi connectivity index (χ1v) is 13.0. The van der Waals surface area contributed by atoms with Crippen LogP contribution in [0.25, 0.3) is 0 Å². The molecular weight excluding hydrogens is 515 g/mol. The van der Waals surface area contributed by atoms with E-state index in [0.717, 1.165) is 10.5 Å². The second kappa shape index (κ2) is 11.7. The molecule has 0 fully saturated rings. The minimum atomic E-state index is -0.616. The molecule has 0 bridgehead atoms. The summed E-state index contributed by atoms with van der Waals surface area (Å²) in [6.45, 7) is 0. The Balaban J connectivity index is 1.29. The third-order valence-electron chi connectivity index (χ3n) is 5.86. The number of amidine groups is 1. The van der Waals surface area contributed by atoms with Crippen molar-refractivity contribution in [1.29, 1.82) is 0 Å². The van der Waals surface area contributed by atoms with Crippen LogP contribution >= 0.6 is 11.8 Å². The molecule has 0 radical (unpaired) electrons. The van der Waals surface area contributed by atoms with Crippen molar-refractivity contribution in [3.8, 4) is 0 Å². The Bertz CT molecular complexity index is 1510. The first-order valence-electron chi connectivity index (χ1n) is 12.1. The fourth-order valence-corrected chi connectivity index (χ4v) is 4.96. The number of nitrogens with zero attached hydrogens (tertiary/aromatic N) is 2. The van der Waals surface area contributed by atoms with E-state index in [1.165, 1.54) is 41.0 Å². The van der Waals surface area contributed by atoms with Gasteiger partial charge in [0.25, 0.3) is 11.8 Å². The first kappa shape index (κ1) is 25.9. The van der Waals surface area contributed by atoms with Gasteiger partial charge in [0.05, 0.1) is 12.1 Å². The maximum Gasteiger partial charge on any atom is 0.255 e. The van der Waals surface area contributed by atoms with Crippen LogP contribution in [0.15, 0.2) is 119 Å². The maximum atomic E-state index is 13.4. The lowest BCUT2D eigenvalue weighted by molar-refractivity contribution is -0.119. The Morgan fingerprint density at radius 3 is 2.13 bits per heavy atom. The molecule has 194 valence electrons. The Morgan fingerprint density at radius 2 is 1.46 bits per heavy atom. The van der Waals surface area contributed by atoms with Gasteiger partial charge in [-0.3, -0.25) is 14.4 Å². The molecule has 1 atom stereocenters. The van der Waals surface area contributed by atoms with Crippen molar-refractivity contribution in [2.24, 2.45) is 5.10 Å². The van der Waals surface area contributed by atoms with Gasteiger partial charge < -0.3 is 10.6 Å². The van der Waals surface area contributed by atoms with Crippen molar-refractivity contribution in [1.82, 2.24) is 5.32 Å². The largest absolute Gasteiger partial charge is 0.322 e. The summed E-state index contributed by atoms with van der Waals surface area (Å²) in [5.74, 6) is -1.01. The van der Waals surface area contributed by atoms with Gasteiger partial charge in [0.1, 0.15) is 16.9 Å². The fraction of sp³-hybridized carbons (Fsp3) is 0.0667. The average molecular weight is 539 g/mol. The normalized spacial score (nSPS) is 13.5. The van der Waals surface area contributed by atoms with E-state index in [4.69, 9.17) is 0 Å². The van der Waals surface area contributed by atoms with Crippen molar-refractivity contribution < 1.29 is 18.8 Å². The van der Waals surface area contributed by atoms with Crippen LogP contribution in [0.1, 0.15) is 27.6 Å². The van der Waals surface area contributed by atoms with E-state index < -0.39 is 11.1 Å². The second-order valence-electron chi connectivity index (χ2n) is 8.65. The number of hydrogen-bond acceptors (Lipinski definition) is 5. The summed E-state index contributed by atoms with van der Waals surface area (Å²) >= 11 is 1.34. The maximum absolute atomic E-state index is 13.4. The summed E-state index contributed by atoms with van der Waals surface area (Å²) in [6.07, 6.45) is -0.00470. The number of thioether (sulfide) groups is 1. The monoisotopic (exact) mass is 538 g/mol. The average Bonchev–Trinajstić information content (AvgIpc) is 3.33. The predicted molar refractivity (Wildman–Crippen MR) is 150 cm³/mol. The number of rotatable bonds is 7. The van der Waals surface area contributed by atoms with Crippen molar-refractivity contribution in [2.45, 2.75) is 16.6 Å². The summed E-state index contributed by atoms with van der Waals surface area (Å²) in [4.78, 5) is 39.2. The third kappa shape index (κ3) is 6.39. The number of para-hydroxylation sites is 1. The highest BCUT2D eigenvalue weighted by atomic mass is 32.2. The smallest absolute Gasteiger partial charge is 0.255 e. The molecule has 4 aromatic rings. The molecule has 1 aliphatic rings. The number of anilines is 2. The van der Waals surface area contributed by atoms with Gasteiger partial charge in [0.15, 0.2) is 0 Å². The number of carbonyl (C=O) groups excluding carboxylic acids is 3. The molecule has 2 N–H and O–H groups in total. The molecule has 3 amide bonds. The molecule has 5 rings (SSSR count). The van der Waals surface area contributed by atoms with Crippen LogP contribution in [-0.2, 0) is 9.59 Å². The second-order valence-corrected chi connectivity index (χ2v) is 9.83. The highest BCUT2D eigenvalue weighted by Gasteiger charge is 2.29. The van der Waals surface area contributed by atoms with Gasteiger partial charge in [-0.2, -0.15) is 10.1 Å². The zero-order valence-corrected chi connectivity index (χ0v) is 21.4. The molecule has 0 aromatic heterocycles. The Morgan fingerprint density at radius 1 is 0.821 bits per heavy atom. The number of hydrazone groups is 1. The fourth-order valence-electron chi connectivity index (χ4n) is 3.94. The van der Waals surface area contributed by atoms with Crippen LogP contribution in [-0.4, -0.2) is 23.6 Å². The van der Waals surface area contributed by atoms with Crippen molar-refractivity contribution >= 4 is 46.7 Å². The van der Waals surface area contributed by atoms with Crippen molar-refractivity contribution in [2.75, 3.05) is 10.3 Å². The Hall–Kier alpha value is -4.76. The van der Waals surface area contributed by atoms with Crippen LogP contribution in [0.3, 0.4) is 0 Å². The van der Waals surface area contributed by atoms with Crippen LogP contribution in [0, 0.1) is 5.82 Å². The summed E-state index contributed by atoms with van der Waals surface area (Å²) in [5, 5.41) is 10.6. The van der Waals surface area contributed by atoms with E-state index >= 15 is 0 Å². The molecule has 9 heteroatoms. The van der Waals surface area contributed by atoms with Gasteiger partial charge in [-0.05, 0) is 66.2 Å². The molecule has 1 heterocycles. The number of benzene rings is 4. The molecule has 0 saturated heterocycles. The number of hydrogen-bond donors (Lipinski definition) is 2. The highest BCUT2D eigenvalue weighted by molar-refractivity contribution is 8.00. The van der Waals surface area contributed by atoms with Crippen molar-refractivity contribution in [3.63, 3.8) is 0 Å². The van der Waals surface area contributed by atoms with Gasteiger partial charge in [0.2, 0.25) is 5.91 Å². The lowest BCUT2D eigenvalue weighted by Gasteiger charge is -2.17. The molecule has 0 saturated carbocycles. The highest BCUT2D eigenvalue weighted by Crippen LogP contribution is 2.36. The molecule has 1 aliphatic heterocycles. The Kier molecular flexibility index (Phi) is 7.79. The minimum absolute atomic E-state index is 0.00470. The van der Waals surface area contributed by atoms with Crippen LogP contribution < -0.4 is 15.6 Å². The van der Waals surface area contributed by atoms with Gasteiger partial charge in [-0.1, -0.05) is 48.5 Å². The van der Waals surface area contributed by atoms with E-state index in [0.29, 0.717) is 16.9 Å². The van der Waals surface area contributed by atoms with E-state index in [9.17, 15) is 18.8 Å². The lowest BCUT2D eigenvalue weighted by atomic mass is 10.1. The quantitative estimate of drug-likeness (QED) is 0.292. The predicted octanol–water partition coefficient (Wildman–Crippen LogP) is 5.78. The van der Waals surface area contributed by atoms with Crippen LogP contribution in [0.5, 0.6) is 0 Å². The summed E-state index contributed by atoms with van der Waals surface area (Å²) in [5.41, 5.74) is 2.33. The summed E-state index contributed by atoms with van der Waals surface area (Å²) in [7, 11) is 0. The van der Waals surface area contributed by atoms with E-state index in [-0.39, 0.29) is 30.0 Å². The Labute approximate surface area is 228 Å². The third-order valence-corrected chi connectivity index (χ3v) is 7.12. The lowest BCUT2D eigenvalue weighted by Crippen LogP contribution is -2.33. The van der Waals surface area contributed by atoms with Gasteiger partial charge in [-0.15, -0.1) is 11.8 Å². The first-order chi connectivity index (χ1) is 19.0. The minimum Gasteiger partial charge on any atom is -0.322 e. The molecule has 7 nitrogen and oxygen atoms in total. The summed E-state index contributed by atoms with van der Waals surface area (Å²) < 4.78 is 13.1. The molecule has 4 aromatic carbocycles. The van der Waals surface area contributed by atoms with E-state index in [1.54, 1.807) is 24.3 Å². The zero-order valence-electron chi connectivity index (χ0n) is 20.6. The number of nitrogens with one attached hydrogen (secondary N) is 2. The zero-order chi connectivity index (χ0) is 27.2. The van der Waals surface area contributed by atoms with Crippen molar-refractivity contribution in [3.05, 3.63) is 126 Å². The van der Waals surface area contributed by atoms with Gasteiger partial charge in [-0.25, -0.2) is 4.39 Å². The van der Waals surface area contributed by atoms with Crippen LogP contribution in [0.2, 0.25) is 0 Å². The van der Waals surface area contributed by atoms with E-state index in [2.05, 4.69) is 15.7 Å².